The third-order valence-corrected chi connectivity index (χ3v) is 5.35. The van der Waals surface area contributed by atoms with E-state index in [0.717, 1.165) is 25.8 Å². The molecule has 2 heterocycles. The maximum absolute atomic E-state index is 12.9. The van der Waals surface area contributed by atoms with Crippen molar-refractivity contribution in [1.29, 1.82) is 0 Å². The van der Waals surface area contributed by atoms with E-state index in [2.05, 4.69) is 0 Å². The Balaban J connectivity index is 1.60. The van der Waals surface area contributed by atoms with Crippen LogP contribution in [0.25, 0.3) is 0 Å². The summed E-state index contributed by atoms with van der Waals surface area (Å²) in [5.41, 5.74) is 1.02. The number of aryl methyl sites for hydroxylation is 1. The number of hydrogen-bond donors (Lipinski definition) is 0. The molecule has 0 saturated carbocycles. The number of benzene rings is 1. The van der Waals surface area contributed by atoms with Gasteiger partial charge in [-0.25, -0.2) is 4.79 Å². The average molecular weight is 405 g/mol. The third kappa shape index (κ3) is 4.50. The zero-order chi connectivity index (χ0) is 20.1. The molecule has 1 atom stereocenters. The number of carbonyl (C=O) groups excluding carboxylic acids is 2. The first-order valence-corrected chi connectivity index (χ1v) is 9.82. The fourth-order valence-electron chi connectivity index (χ4n) is 3.60. The number of methoxy groups -OCH3 is 1. The number of nitrogens with zero attached hydrogens (tertiary/aromatic N) is 2. The normalized spacial score (nSPS) is 16.7. The van der Waals surface area contributed by atoms with Crippen molar-refractivity contribution < 1.29 is 19.1 Å². The van der Waals surface area contributed by atoms with Gasteiger partial charge in [-0.2, -0.15) is 0 Å². The Labute approximate surface area is 170 Å². The van der Waals surface area contributed by atoms with Crippen LogP contribution in [0.5, 0.6) is 5.75 Å². The SMILES string of the molecule is COc1cc(Cl)ccc1C(=O)OCCC1CCCCN1C(=O)c1cccn1C. The molecule has 150 valence electrons. The van der Waals surface area contributed by atoms with Crippen molar-refractivity contribution >= 4 is 23.5 Å². The summed E-state index contributed by atoms with van der Waals surface area (Å²) in [5.74, 6) is -0.0387. The van der Waals surface area contributed by atoms with Crippen molar-refractivity contribution in [3.05, 3.63) is 52.8 Å². The highest BCUT2D eigenvalue weighted by Crippen LogP contribution is 2.25. The van der Waals surface area contributed by atoms with Crippen LogP contribution in [0.2, 0.25) is 5.02 Å². The second kappa shape index (κ2) is 9.15. The molecular formula is C21H25ClN2O4. The van der Waals surface area contributed by atoms with Crippen molar-refractivity contribution in [3.8, 4) is 5.75 Å². The molecule has 1 aliphatic rings. The average Bonchev–Trinajstić information content (AvgIpc) is 3.13. The highest BCUT2D eigenvalue weighted by atomic mass is 35.5. The Morgan fingerprint density at radius 3 is 2.79 bits per heavy atom. The highest BCUT2D eigenvalue weighted by Gasteiger charge is 2.28. The Bertz CT molecular complexity index is 849. The van der Waals surface area contributed by atoms with Gasteiger partial charge in [0.2, 0.25) is 0 Å². The van der Waals surface area contributed by atoms with Crippen molar-refractivity contribution in [2.75, 3.05) is 20.3 Å². The minimum Gasteiger partial charge on any atom is -0.496 e. The van der Waals surface area contributed by atoms with E-state index < -0.39 is 5.97 Å². The summed E-state index contributed by atoms with van der Waals surface area (Å²) < 4.78 is 12.5. The van der Waals surface area contributed by atoms with Gasteiger partial charge in [0.1, 0.15) is 17.0 Å². The van der Waals surface area contributed by atoms with Crippen LogP contribution in [0, 0.1) is 0 Å². The fourth-order valence-corrected chi connectivity index (χ4v) is 3.76. The molecule has 0 bridgehead atoms. The zero-order valence-corrected chi connectivity index (χ0v) is 16.9. The van der Waals surface area contributed by atoms with Gasteiger partial charge in [-0.05, 0) is 49.6 Å². The van der Waals surface area contributed by atoms with Crippen molar-refractivity contribution in [3.63, 3.8) is 0 Å². The molecule has 2 aromatic rings. The summed E-state index contributed by atoms with van der Waals surface area (Å²) in [6, 6.07) is 8.57. The van der Waals surface area contributed by atoms with E-state index in [-0.39, 0.29) is 18.6 Å². The molecule has 0 spiro atoms. The molecule has 3 rings (SSSR count). The number of aromatic nitrogens is 1. The van der Waals surface area contributed by atoms with Crippen LogP contribution in [0.3, 0.4) is 0 Å². The van der Waals surface area contributed by atoms with Crippen LogP contribution in [0.4, 0.5) is 0 Å². The van der Waals surface area contributed by atoms with E-state index in [1.54, 1.807) is 18.2 Å². The number of hydrogen-bond acceptors (Lipinski definition) is 4. The number of piperidine rings is 1. The first-order valence-electron chi connectivity index (χ1n) is 9.44. The predicted octanol–water partition coefficient (Wildman–Crippen LogP) is 3.93. The second-order valence-corrected chi connectivity index (χ2v) is 7.36. The second-order valence-electron chi connectivity index (χ2n) is 6.92. The molecule has 0 radical (unpaired) electrons. The van der Waals surface area contributed by atoms with Crippen LogP contribution in [0.1, 0.15) is 46.5 Å². The Hall–Kier alpha value is -2.47. The van der Waals surface area contributed by atoms with Crippen LogP contribution in [0.15, 0.2) is 36.5 Å². The fraction of sp³-hybridized carbons (Fsp3) is 0.429. The molecular weight excluding hydrogens is 380 g/mol. The van der Waals surface area contributed by atoms with E-state index in [9.17, 15) is 9.59 Å². The third-order valence-electron chi connectivity index (χ3n) is 5.12. The molecule has 1 aromatic heterocycles. The largest absolute Gasteiger partial charge is 0.496 e. The van der Waals surface area contributed by atoms with Crippen molar-refractivity contribution in [2.45, 2.75) is 31.7 Å². The molecule has 28 heavy (non-hydrogen) atoms. The van der Waals surface area contributed by atoms with E-state index in [1.165, 1.54) is 7.11 Å². The van der Waals surface area contributed by atoms with E-state index in [0.29, 0.717) is 28.5 Å². The summed E-state index contributed by atoms with van der Waals surface area (Å²) in [6.07, 6.45) is 5.46. The summed E-state index contributed by atoms with van der Waals surface area (Å²) in [4.78, 5) is 27.2. The standard InChI is InChI=1S/C21H25ClN2O4/c1-23-11-5-7-18(23)20(25)24-12-4-3-6-16(24)10-13-28-21(26)17-9-8-15(22)14-19(17)27-2/h5,7-9,11,14,16H,3-4,6,10,12-13H2,1-2H3. The Kier molecular flexibility index (Phi) is 6.62. The summed E-state index contributed by atoms with van der Waals surface area (Å²) in [6.45, 7) is 0.972. The first kappa shape index (κ1) is 20.3. The maximum Gasteiger partial charge on any atom is 0.341 e. The van der Waals surface area contributed by atoms with Crippen molar-refractivity contribution in [1.82, 2.24) is 9.47 Å². The van der Waals surface area contributed by atoms with Gasteiger partial charge in [-0.1, -0.05) is 11.6 Å². The molecule has 6 nitrogen and oxygen atoms in total. The number of likely N-dealkylation sites (tertiary alicyclic amines) is 1. The van der Waals surface area contributed by atoms with Gasteiger partial charge in [0.05, 0.1) is 13.7 Å². The lowest BCUT2D eigenvalue weighted by Crippen LogP contribution is -2.44. The number of halogens is 1. The van der Waals surface area contributed by atoms with Gasteiger partial charge in [0, 0.05) is 37.3 Å². The molecule has 1 aromatic carbocycles. The summed E-state index contributed by atoms with van der Waals surface area (Å²) in [7, 11) is 3.35. The van der Waals surface area contributed by atoms with E-state index in [1.807, 2.05) is 34.8 Å². The summed E-state index contributed by atoms with van der Waals surface area (Å²) in [5, 5.41) is 0.491. The number of rotatable bonds is 6. The number of carbonyl (C=O) groups is 2. The van der Waals surface area contributed by atoms with Crippen LogP contribution >= 0.6 is 11.6 Å². The van der Waals surface area contributed by atoms with E-state index in [4.69, 9.17) is 21.1 Å². The van der Waals surface area contributed by atoms with Crippen LogP contribution in [-0.2, 0) is 11.8 Å². The first-order chi connectivity index (χ1) is 13.5. The lowest BCUT2D eigenvalue weighted by molar-refractivity contribution is 0.0404. The van der Waals surface area contributed by atoms with Gasteiger partial charge in [0.15, 0.2) is 0 Å². The topological polar surface area (TPSA) is 60.8 Å². The predicted molar refractivity (Wildman–Crippen MR) is 107 cm³/mol. The lowest BCUT2D eigenvalue weighted by atomic mass is 9.99. The molecule has 1 amide bonds. The van der Waals surface area contributed by atoms with Gasteiger partial charge in [-0.3, -0.25) is 4.79 Å². The highest BCUT2D eigenvalue weighted by molar-refractivity contribution is 6.30. The summed E-state index contributed by atoms with van der Waals surface area (Å²) >= 11 is 5.93. The van der Waals surface area contributed by atoms with Crippen LogP contribution < -0.4 is 4.74 Å². The van der Waals surface area contributed by atoms with Gasteiger partial charge in [0.25, 0.3) is 5.91 Å². The number of amides is 1. The Morgan fingerprint density at radius 1 is 1.25 bits per heavy atom. The van der Waals surface area contributed by atoms with Gasteiger partial charge >= 0.3 is 5.97 Å². The molecule has 0 aliphatic carbocycles. The monoisotopic (exact) mass is 404 g/mol. The Morgan fingerprint density at radius 2 is 2.07 bits per heavy atom. The molecule has 1 saturated heterocycles. The number of ether oxygens (including phenoxy) is 2. The molecule has 1 aliphatic heterocycles. The van der Waals surface area contributed by atoms with Gasteiger partial charge in [-0.15, -0.1) is 0 Å². The molecule has 1 unspecified atom stereocenters. The van der Waals surface area contributed by atoms with Crippen molar-refractivity contribution in [2.24, 2.45) is 7.05 Å². The minimum atomic E-state index is -0.454. The van der Waals surface area contributed by atoms with E-state index >= 15 is 0 Å². The minimum absolute atomic E-state index is 0.0305. The molecule has 7 heteroatoms. The maximum atomic E-state index is 12.9. The molecule has 1 fully saturated rings. The number of esters is 1. The zero-order valence-electron chi connectivity index (χ0n) is 16.2. The molecule has 0 N–H and O–H groups in total. The smallest absolute Gasteiger partial charge is 0.341 e. The lowest BCUT2D eigenvalue weighted by Gasteiger charge is -2.35. The van der Waals surface area contributed by atoms with Crippen LogP contribution in [-0.4, -0.2) is 47.6 Å². The quantitative estimate of drug-likeness (QED) is 0.684. The van der Waals surface area contributed by atoms with Gasteiger partial charge < -0.3 is 18.9 Å².